The van der Waals surface area contributed by atoms with E-state index < -0.39 is 0 Å². The molecule has 3 rings (SSSR count). The predicted octanol–water partition coefficient (Wildman–Crippen LogP) is 2.20. The summed E-state index contributed by atoms with van der Waals surface area (Å²) < 4.78 is 1.86. The molecular weight excluding hydrogens is 214 g/mol. The molecule has 1 saturated carbocycles. The van der Waals surface area contributed by atoms with Crippen LogP contribution in [0.25, 0.3) is 11.0 Å². The number of benzene rings is 1. The van der Waals surface area contributed by atoms with E-state index in [9.17, 15) is 5.11 Å². The van der Waals surface area contributed by atoms with Crippen LogP contribution in [0.5, 0.6) is 5.75 Å². The van der Waals surface area contributed by atoms with Gasteiger partial charge in [0.15, 0.2) is 0 Å². The van der Waals surface area contributed by atoms with Crippen molar-refractivity contribution in [1.29, 1.82) is 0 Å². The topological polar surface area (TPSA) is 50.9 Å². The highest BCUT2D eigenvalue weighted by Crippen LogP contribution is 2.33. The number of nitrogens with zero attached hydrogens (tertiary/aromatic N) is 3. The molecule has 1 aliphatic carbocycles. The summed E-state index contributed by atoms with van der Waals surface area (Å²) in [6.07, 6.45) is 2.54. The van der Waals surface area contributed by atoms with Crippen molar-refractivity contribution in [3.05, 3.63) is 17.2 Å². The largest absolute Gasteiger partial charge is 0.506 e. The van der Waals surface area contributed by atoms with Gasteiger partial charge in [-0.1, -0.05) is 16.8 Å². The van der Waals surface area contributed by atoms with Crippen molar-refractivity contribution in [1.82, 2.24) is 15.0 Å². The fourth-order valence-electron chi connectivity index (χ4n) is 1.67. The summed E-state index contributed by atoms with van der Waals surface area (Å²) in [5, 5.41) is 17.7. The minimum atomic E-state index is 0.0580. The summed E-state index contributed by atoms with van der Waals surface area (Å²) in [5.41, 5.74) is 1.47. The molecule has 0 unspecified atom stereocenters. The highest BCUT2D eigenvalue weighted by molar-refractivity contribution is 6.36. The summed E-state index contributed by atoms with van der Waals surface area (Å²) in [4.78, 5) is 0. The molecule has 78 valence electrons. The Balaban J connectivity index is 2.12. The van der Waals surface area contributed by atoms with Gasteiger partial charge in [-0.15, -0.1) is 5.10 Å². The summed E-state index contributed by atoms with van der Waals surface area (Å²) in [6, 6.07) is 3.39. The highest BCUT2D eigenvalue weighted by atomic mass is 35.5. The van der Waals surface area contributed by atoms with Crippen LogP contribution in [0.1, 0.15) is 12.8 Å². The van der Waals surface area contributed by atoms with Crippen LogP contribution >= 0.6 is 11.6 Å². The van der Waals surface area contributed by atoms with E-state index in [-0.39, 0.29) is 10.8 Å². The maximum atomic E-state index is 9.41. The normalized spacial score (nSPS) is 16.1. The maximum absolute atomic E-state index is 9.41. The maximum Gasteiger partial charge on any atom is 0.136 e. The Morgan fingerprint density at radius 1 is 1.47 bits per heavy atom. The van der Waals surface area contributed by atoms with Crippen LogP contribution in [0.4, 0.5) is 0 Å². The number of aromatic hydroxyl groups is 1. The van der Waals surface area contributed by atoms with Crippen LogP contribution in [0.15, 0.2) is 12.1 Å². The van der Waals surface area contributed by atoms with Crippen LogP contribution in [0.3, 0.4) is 0 Å². The molecule has 2 aromatic rings. The molecule has 1 aromatic heterocycles. The zero-order valence-corrected chi connectivity index (χ0v) is 8.78. The predicted molar refractivity (Wildman–Crippen MR) is 56.9 cm³/mol. The number of hydrogen-bond donors (Lipinski definition) is 1. The number of halogens is 1. The summed E-state index contributed by atoms with van der Waals surface area (Å²) in [6.45, 7) is 0.900. The first kappa shape index (κ1) is 8.97. The molecule has 0 bridgehead atoms. The van der Waals surface area contributed by atoms with E-state index >= 15 is 0 Å². The van der Waals surface area contributed by atoms with Crippen molar-refractivity contribution < 1.29 is 5.11 Å². The van der Waals surface area contributed by atoms with Crippen LogP contribution in [-0.4, -0.2) is 20.1 Å². The quantitative estimate of drug-likeness (QED) is 0.849. The molecule has 0 amide bonds. The second-order valence-corrected chi connectivity index (χ2v) is 4.36. The molecule has 0 radical (unpaired) electrons. The monoisotopic (exact) mass is 223 g/mol. The van der Waals surface area contributed by atoms with Gasteiger partial charge in [0.1, 0.15) is 16.3 Å². The molecule has 0 spiro atoms. The van der Waals surface area contributed by atoms with Gasteiger partial charge in [0.05, 0.1) is 5.52 Å². The van der Waals surface area contributed by atoms with E-state index in [1.165, 1.54) is 12.8 Å². The number of hydrogen-bond acceptors (Lipinski definition) is 3. The van der Waals surface area contributed by atoms with E-state index in [1.807, 2.05) is 4.68 Å². The second kappa shape index (κ2) is 3.10. The van der Waals surface area contributed by atoms with Gasteiger partial charge in [-0.05, 0) is 30.9 Å². The van der Waals surface area contributed by atoms with Gasteiger partial charge in [-0.2, -0.15) is 0 Å². The van der Waals surface area contributed by atoms with Crippen molar-refractivity contribution >= 4 is 22.6 Å². The first-order valence-corrected chi connectivity index (χ1v) is 5.34. The summed E-state index contributed by atoms with van der Waals surface area (Å²) in [5.74, 6) is 0.796. The van der Waals surface area contributed by atoms with E-state index in [0.29, 0.717) is 5.52 Å². The van der Waals surface area contributed by atoms with Gasteiger partial charge in [0.2, 0.25) is 0 Å². The Hall–Kier alpha value is -1.29. The van der Waals surface area contributed by atoms with Gasteiger partial charge in [-0.25, -0.2) is 4.68 Å². The third-order valence-corrected chi connectivity index (χ3v) is 3.11. The van der Waals surface area contributed by atoms with Gasteiger partial charge in [-0.3, -0.25) is 0 Å². The Bertz CT molecular complexity index is 519. The second-order valence-electron chi connectivity index (χ2n) is 3.98. The molecule has 15 heavy (non-hydrogen) atoms. The highest BCUT2D eigenvalue weighted by Gasteiger charge is 2.23. The minimum absolute atomic E-state index is 0.0580. The number of phenolic OH excluding ortho intramolecular Hbond substituents is 1. The molecule has 1 aliphatic rings. The van der Waals surface area contributed by atoms with Gasteiger partial charge in [0.25, 0.3) is 0 Å². The van der Waals surface area contributed by atoms with Crippen LogP contribution in [-0.2, 0) is 6.54 Å². The molecule has 0 atom stereocenters. The van der Waals surface area contributed by atoms with Gasteiger partial charge in [0, 0.05) is 6.54 Å². The average molecular weight is 224 g/mol. The fourth-order valence-corrected chi connectivity index (χ4v) is 1.87. The van der Waals surface area contributed by atoms with E-state index in [0.717, 1.165) is 18.0 Å². The Morgan fingerprint density at radius 3 is 3.00 bits per heavy atom. The number of rotatable bonds is 2. The molecule has 1 fully saturated rings. The molecule has 4 nitrogen and oxygen atoms in total. The van der Waals surface area contributed by atoms with Crippen molar-refractivity contribution in [2.75, 3.05) is 0 Å². The first-order valence-electron chi connectivity index (χ1n) is 4.96. The zero-order chi connectivity index (χ0) is 10.4. The zero-order valence-electron chi connectivity index (χ0n) is 8.02. The van der Waals surface area contributed by atoms with E-state index in [1.54, 1.807) is 12.1 Å². The summed E-state index contributed by atoms with van der Waals surface area (Å²) >= 11 is 5.93. The third-order valence-electron chi connectivity index (χ3n) is 2.73. The molecule has 1 heterocycles. The van der Waals surface area contributed by atoms with Gasteiger partial charge >= 0.3 is 0 Å². The smallest absolute Gasteiger partial charge is 0.136 e. The van der Waals surface area contributed by atoms with Crippen molar-refractivity contribution in [2.45, 2.75) is 19.4 Å². The first-order chi connectivity index (χ1) is 7.25. The van der Waals surface area contributed by atoms with E-state index in [4.69, 9.17) is 11.6 Å². The number of aromatic nitrogens is 3. The molecular formula is C10H10ClN3O. The summed E-state index contributed by atoms with van der Waals surface area (Å²) in [7, 11) is 0. The Kier molecular flexibility index (Phi) is 1.85. The molecule has 1 N–H and O–H groups in total. The number of phenols is 1. The van der Waals surface area contributed by atoms with Crippen LogP contribution in [0.2, 0.25) is 5.02 Å². The van der Waals surface area contributed by atoms with Gasteiger partial charge < -0.3 is 5.11 Å². The van der Waals surface area contributed by atoms with Crippen molar-refractivity contribution in [3.8, 4) is 5.75 Å². The fraction of sp³-hybridized carbons (Fsp3) is 0.400. The van der Waals surface area contributed by atoms with Crippen molar-refractivity contribution in [3.63, 3.8) is 0 Å². The lowest BCUT2D eigenvalue weighted by Gasteiger charge is -2.00. The Morgan fingerprint density at radius 2 is 2.27 bits per heavy atom. The molecule has 0 saturated heterocycles. The lowest BCUT2D eigenvalue weighted by molar-refractivity contribution is 0.476. The number of fused-ring (bicyclic) bond motifs is 1. The average Bonchev–Trinajstić information content (AvgIpc) is 2.93. The Labute approximate surface area is 91.5 Å². The van der Waals surface area contributed by atoms with Crippen LogP contribution in [0, 0.1) is 5.92 Å². The third kappa shape index (κ3) is 1.45. The lowest BCUT2D eigenvalue weighted by atomic mass is 10.3. The van der Waals surface area contributed by atoms with E-state index in [2.05, 4.69) is 10.3 Å². The van der Waals surface area contributed by atoms with Crippen molar-refractivity contribution in [2.24, 2.45) is 5.92 Å². The molecule has 1 aromatic carbocycles. The van der Waals surface area contributed by atoms with Crippen LogP contribution < -0.4 is 0 Å². The molecule has 5 heteroatoms. The SMILES string of the molecule is Oc1ccc2c(nnn2CC2CC2)c1Cl. The standard InChI is InChI=1S/C10H10ClN3O/c11-9-8(15)4-3-7-10(9)12-13-14(7)5-6-1-2-6/h3-4,6,15H,1-2,5H2. The lowest BCUT2D eigenvalue weighted by Crippen LogP contribution is -2.01. The minimum Gasteiger partial charge on any atom is -0.506 e. The molecule has 0 aliphatic heterocycles.